The molecule has 0 saturated carbocycles. The number of aromatic nitrogens is 3. The summed E-state index contributed by atoms with van der Waals surface area (Å²) < 4.78 is 39.7. The normalized spacial score (nSPS) is 14.0. The third kappa shape index (κ3) is 4.37. The summed E-state index contributed by atoms with van der Waals surface area (Å²) in [6, 6.07) is 2.20. The third-order valence-corrected chi connectivity index (χ3v) is 3.90. The molecule has 126 valence electrons. The van der Waals surface area contributed by atoms with E-state index in [1.165, 1.54) is 10.5 Å². The molecule has 1 amide bonds. The molecule has 1 unspecified atom stereocenters. The number of rotatable bonds is 3. The largest absolute Gasteiger partial charge is 0.417 e. The number of halogens is 3. The Morgan fingerprint density at radius 3 is 2.48 bits per heavy atom. The van der Waals surface area contributed by atoms with Gasteiger partial charge in [0.25, 0.3) is 0 Å². The maximum absolute atomic E-state index is 12.8. The quantitative estimate of drug-likeness (QED) is 0.868. The molecule has 2 heterocycles. The number of nitrogens with zero attached hydrogens (tertiary/aromatic N) is 3. The Hall–Kier alpha value is -1.77. The zero-order valence-electron chi connectivity index (χ0n) is 13.1. The van der Waals surface area contributed by atoms with Crippen molar-refractivity contribution in [2.75, 3.05) is 0 Å². The maximum Gasteiger partial charge on any atom is 0.417 e. The summed E-state index contributed by atoms with van der Waals surface area (Å²) in [5.74, 6) is -0.216. The van der Waals surface area contributed by atoms with Gasteiger partial charge in [0.1, 0.15) is 0 Å². The Morgan fingerprint density at radius 1 is 1.26 bits per heavy atom. The molecule has 23 heavy (non-hydrogen) atoms. The summed E-state index contributed by atoms with van der Waals surface area (Å²) in [5, 5.41) is 10.2. The number of alkyl halides is 3. The minimum absolute atomic E-state index is 0.216. The average Bonchev–Trinajstić information content (AvgIpc) is 2.78. The highest BCUT2D eigenvalue weighted by Gasteiger charge is 2.31. The molecule has 2 aromatic heterocycles. The van der Waals surface area contributed by atoms with E-state index in [2.05, 4.69) is 15.5 Å². The SMILES string of the molecule is CC(Sc1nnc2ccc(C(F)(F)F)cn12)C(=O)NC(C)(C)C. The van der Waals surface area contributed by atoms with Crippen LogP contribution < -0.4 is 5.32 Å². The highest BCUT2D eigenvalue weighted by atomic mass is 32.2. The fraction of sp³-hybridized carbons (Fsp3) is 0.500. The number of thioether (sulfide) groups is 1. The van der Waals surface area contributed by atoms with Gasteiger partial charge in [-0.25, -0.2) is 0 Å². The standard InChI is InChI=1S/C14H17F3N4OS/c1-8(11(22)18-13(2,3)4)23-12-20-19-10-6-5-9(7-21(10)12)14(15,16)17/h5-8H,1-4H3,(H,18,22). The molecule has 0 aliphatic carbocycles. The second-order valence-electron chi connectivity index (χ2n) is 6.13. The molecular weight excluding hydrogens is 329 g/mol. The van der Waals surface area contributed by atoms with E-state index in [-0.39, 0.29) is 16.6 Å². The van der Waals surface area contributed by atoms with Crippen molar-refractivity contribution in [3.63, 3.8) is 0 Å². The fourth-order valence-corrected chi connectivity index (χ4v) is 2.63. The number of carbonyl (C=O) groups excluding carboxylic acids is 1. The van der Waals surface area contributed by atoms with Crippen molar-refractivity contribution in [1.29, 1.82) is 0 Å². The van der Waals surface area contributed by atoms with Crippen LogP contribution in [0.25, 0.3) is 5.65 Å². The van der Waals surface area contributed by atoms with Gasteiger partial charge in [0, 0.05) is 11.7 Å². The first-order valence-electron chi connectivity index (χ1n) is 6.88. The van der Waals surface area contributed by atoms with E-state index in [4.69, 9.17) is 0 Å². The molecule has 1 atom stereocenters. The molecule has 9 heteroatoms. The first-order valence-corrected chi connectivity index (χ1v) is 7.76. The lowest BCUT2D eigenvalue weighted by atomic mass is 10.1. The van der Waals surface area contributed by atoms with Crippen LogP contribution in [0.1, 0.15) is 33.3 Å². The van der Waals surface area contributed by atoms with Crippen molar-refractivity contribution in [3.05, 3.63) is 23.9 Å². The smallest absolute Gasteiger partial charge is 0.351 e. The van der Waals surface area contributed by atoms with Crippen LogP contribution in [0.4, 0.5) is 13.2 Å². The monoisotopic (exact) mass is 346 g/mol. The molecule has 0 aliphatic heterocycles. The van der Waals surface area contributed by atoms with E-state index < -0.39 is 17.0 Å². The summed E-state index contributed by atoms with van der Waals surface area (Å²) in [6.07, 6.45) is -3.51. The van der Waals surface area contributed by atoms with Gasteiger partial charge in [0.2, 0.25) is 5.91 Å². The summed E-state index contributed by atoms with van der Waals surface area (Å²) in [5.41, 5.74) is -0.884. The zero-order valence-corrected chi connectivity index (χ0v) is 13.9. The van der Waals surface area contributed by atoms with Crippen molar-refractivity contribution in [2.24, 2.45) is 0 Å². The topological polar surface area (TPSA) is 59.3 Å². The summed E-state index contributed by atoms with van der Waals surface area (Å²) in [6.45, 7) is 7.22. The third-order valence-electron chi connectivity index (χ3n) is 2.85. The van der Waals surface area contributed by atoms with Crippen LogP contribution in [-0.4, -0.2) is 31.3 Å². The average molecular weight is 346 g/mol. The highest BCUT2D eigenvalue weighted by molar-refractivity contribution is 8.00. The van der Waals surface area contributed by atoms with Crippen LogP contribution in [0.2, 0.25) is 0 Å². The molecule has 0 fully saturated rings. The summed E-state index contributed by atoms with van der Waals surface area (Å²) in [4.78, 5) is 12.1. The Morgan fingerprint density at radius 2 is 1.91 bits per heavy atom. The van der Waals surface area contributed by atoms with Crippen molar-refractivity contribution in [2.45, 2.75) is 49.8 Å². The number of hydrogen-bond acceptors (Lipinski definition) is 4. The van der Waals surface area contributed by atoms with E-state index in [0.29, 0.717) is 5.65 Å². The van der Waals surface area contributed by atoms with Crippen LogP contribution in [0.3, 0.4) is 0 Å². The van der Waals surface area contributed by atoms with Gasteiger partial charge in [0.15, 0.2) is 10.8 Å². The van der Waals surface area contributed by atoms with Gasteiger partial charge in [-0.3, -0.25) is 9.20 Å². The Balaban J connectivity index is 2.25. The van der Waals surface area contributed by atoms with E-state index in [1.807, 2.05) is 20.8 Å². The van der Waals surface area contributed by atoms with Crippen molar-refractivity contribution < 1.29 is 18.0 Å². The Labute approximate surface area is 135 Å². The van der Waals surface area contributed by atoms with Crippen molar-refractivity contribution in [3.8, 4) is 0 Å². The van der Waals surface area contributed by atoms with Crippen LogP contribution in [0.15, 0.2) is 23.5 Å². The molecule has 0 saturated heterocycles. The molecule has 0 radical (unpaired) electrons. The van der Waals surface area contributed by atoms with E-state index in [9.17, 15) is 18.0 Å². The molecule has 0 bridgehead atoms. The van der Waals surface area contributed by atoms with Gasteiger partial charge < -0.3 is 5.32 Å². The Bertz CT molecular complexity index is 721. The van der Waals surface area contributed by atoms with E-state index in [0.717, 1.165) is 24.0 Å². The zero-order chi connectivity index (χ0) is 17.4. The number of pyridine rings is 1. The molecular formula is C14H17F3N4OS. The number of nitrogens with one attached hydrogen (secondary N) is 1. The predicted molar refractivity (Wildman–Crippen MR) is 81.2 cm³/mol. The van der Waals surface area contributed by atoms with E-state index >= 15 is 0 Å². The molecule has 5 nitrogen and oxygen atoms in total. The first-order chi connectivity index (χ1) is 10.5. The van der Waals surface area contributed by atoms with Gasteiger partial charge in [-0.2, -0.15) is 13.2 Å². The molecule has 0 spiro atoms. The molecule has 2 rings (SSSR count). The summed E-state index contributed by atoms with van der Waals surface area (Å²) >= 11 is 1.06. The predicted octanol–water partition coefficient (Wildman–Crippen LogP) is 3.14. The number of carbonyl (C=O) groups is 1. The summed E-state index contributed by atoms with van der Waals surface area (Å²) in [7, 11) is 0. The number of fused-ring (bicyclic) bond motifs is 1. The minimum atomic E-state index is -4.45. The van der Waals surface area contributed by atoms with E-state index in [1.54, 1.807) is 6.92 Å². The molecule has 0 aromatic carbocycles. The van der Waals surface area contributed by atoms with Crippen LogP contribution in [0.5, 0.6) is 0 Å². The number of amides is 1. The second-order valence-corrected chi connectivity index (χ2v) is 7.43. The van der Waals surface area contributed by atoms with Gasteiger partial charge in [-0.05, 0) is 39.8 Å². The lowest BCUT2D eigenvalue weighted by Crippen LogP contribution is -2.44. The van der Waals surface area contributed by atoms with Crippen molar-refractivity contribution in [1.82, 2.24) is 19.9 Å². The van der Waals surface area contributed by atoms with Gasteiger partial charge in [-0.1, -0.05) is 11.8 Å². The maximum atomic E-state index is 12.8. The molecule has 2 aromatic rings. The molecule has 1 N–H and O–H groups in total. The van der Waals surface area contributed by atoms with Crippen LogP contribution >= 0.6 is 11.8 Å². The van der Waals surface area contributed by atoms with Gasteiger partial charge in [0.05, 0.1) is 10.8 Å². The molecule has 0 aliphatic rings. The lowest BCUT2D eigenvalue weighted by Gasteiger charge is -2.22. The van der Waals surface area contributed by atoms with Crippen molar-refractivity contribution >= 4 is 23.3 Å². The van der Waals surface area contributed by atoms with Gasteiger partial charge >= 0.3 is 6.18 Å². The first kappa shape index (κ1) is 17.6. The Kier molecular flexibility index (Phi) is 4.61. The second kappa shape index (κ2) is 6.03. The fourth-order valence-electron chi connectivity index (χ4n) is 1.80. The van der Waals surface area contributed by atoms with Crippen LogP contribution in [0, 0.1) is 0 Å². The highest BCUT2D eigenvalue weighted by Crippen LogP contribution is 2.30. The van der Waals surface area contributed by atoms with Crippen LogP contribution in [-0.2, 0) is 11.0 Å². The van der Waals surface area contributed by atoms with Gasteiger partial charge in [-0.15, -0.1) is 10.2 Å². The lowest BCUT2D eigenvalue weighted by molar-refractivity contribution is -0.137. The number of hydrogen-bond donors (Lipinski definition) is 1. The minimum Gasteiger partial charge on any atom is -0.351 e.